The van der Waals surface area contributed by atoms with E-state index in [4.69, 9.17) is 11.6 Å². The van der Waals surface area contributed by atoms with E-state index in [1.807, 2.05) is 0 Å². The second-order valence-corrected chi connectivity index (χ2v) is 6.70. The summed E-state index contributed by atoms with van der Waals surface area (Å²) in [4.78, 5) is 2.57. The number of rotatable bonds is 5. The van der Waals surface area contributed by atoms with E-state index < -0.39 is 0 Å². The van der Waals surface area contributed by atoms with Gasteiger partial charge in [0.05, 0.1) is 0 Å². The van der Waals surface area contributed by atoms with Crippen LogP contribution in [0.5, 0.6) is 0 Å². The molecule has 4 nitrogen and oxygen atoms in total. The quantitative estimate of drug-likeness (QED) is 0.901. The summed E-state index contributed by atoms with van der Waals surface area (Å²) < 4.78 is 4.68. The van der Waals surface area contributed by atoms with Crippen molar-refractivity contribution in [2.24, 2.45) is 5.92 Å². The first-order chi connectivity index (χ1) is 8.83. The minimum absolute atomic E-state index is 0.756. The van der Waals surface area contributed by atoms with Gasteiger partial charge in [0.25, 0.3) is 0 Å². The van der Waals surface area contributed by atoms with Gasteiger partial charge >= 0.3 is 0 Å². The van der Waals surface area contributed by atoms with Gasteiger partial charge in [0.15, 0.2) is 0 Å². The molecule has 1 aromatic rings. The highest BCUT2D eigenvalue weighted by atomic mass is 35.5. The number of hydrogen-bond donors (Lipinski definition) is 1. The van der Waals surface area contributed by atoms with Gasteiger partial charge in [-0.1, -0.05) is 16.1 Å². The second-order valence-electron chi connectivity index (χ2n) is 5.35. The molecule has 3 rings (SSSR count). The summed E-state index contributed by atoms with van der Waals surface area (Å²) in [5.74, 6) is 0.831. The molecule has 100 valence electrons. The van der Waals surface area contributed by atoms with E-state index in [2.05, 4.69) is 19.8 Å². The van der Waals surface area contributed by atoms with E-state index in [1.54, 1.807) is 0 Å². The van der Waals surface area contributed by atoms with E-state index >= 15 is 0 Å². The molecule has 1 aliphatic carbocycles. The maximum atomic E-state index is 6.11. The molecule has 0 atom stereocenters. The summed E-state index contributed by atoms with van der Waals surface area (Å²) in [6, 6.07) is 0.762. The maximum absolute atomic E-state index is 6.11. The average molecular weight is 287 g/mol. The van der Waals surface area contributed by atoms with Crippen molar-refractivity contribution in [3.8, 4) is 0 Å². The molecular formula is C12H19ClN4S. The summed E-state index contributed by atoms with van der Waals surface area (Å²) in [5, 5.41) is 7.57. The molecule has 2 aliphatic rings. The fourth-order valence-electron chi connectivity index (χ4n) is 2.66. The normalized spacial score (nSPS) is 21.7. The molecule has 18 heavy (non-hydrogen) atoms. The molecule has 0 radical (unpaired) electrons. The molecule has 1 aliphatic heterocycles. The van der Waals surface area contributed by atoms with Gasteiger partial charge < -0.3 is 5.32 Å². The summed E-state index contributed by atoms with van der Waals surface area (Å²) in [6.07, 6.45) is 5.26. The van der Waals surface area contributed by atoms with Gasteiger partial charge in [-0.25, -0.2) is 0 Å². The van der Waals surface area contributed by atoms with Crippen LogP contribution in [0.2, 0.25) is 4.34 Å². The van der Waals surface area contributed by atoms with Crippen LogP contribution in [0, 0.1) is 5.92 Å². The van der Waals surface area contributed by atoms with Gasteiger partial charge in [-0.2, -0.15) is 0 Å². The van der Waals surface area contributed by atoms with Crippen molar-refractivity contribution in [3.63, 3.8) is 0 Å². The molecule has 0 spiro atoms. The number of halogens is 1. The van der Waals surface area contributed by atoms with Crippen molar-refractivity contribution < 1.29 is 0 Å². The molecule has 1 saturated carbocycles. The molecule has 1 saturated heterocycles. The largest absolute Gasteiger partial charge is 0.317 e. The zero-order valence-electron chi connectivity index (χ0n) is 10.4. The number of nitrogens with zero attached hydrogens (tertiary/aromatic N) is 3. The number of aromatic nitrogens is 2. The Morgan fingerprint density at radius 3 is 2.67 bits per heavy atom. The highest BCUT2D eigenvalue weighted by Crippen LogP contribution is 2.31. The standard InChI is InChI=1S/C12H19ClN4S/c13-12-11(15-16-18-12)8-17(10-1-2-10)7-9-3-5-14-6-4-9/h9-10,14H,1-8H2. The zero-order chi connectivity index (χ0) is 12.4. The monoisotopic (exact) mass is 286 g/mol. The SMILES string of the molecule is Clc1snnc1CN(CC1CCNCC1)C1CC1. The maximum Gasteiger partial charge on any atom is 0.138 e. The first kappa shape index (κ1) is 12.8. The fourth-order valence-corrected chi connectivity index (χ4v) is 3.27. The molecule has 0 aromatic carbocycles. The van der Waals surface area contributed by atoms with Crippen LogP contribution in [-0.2, 0) is 6.54 Å². The Bertz CT molecular complexity index is 387. The lowest BCUT2D eigenvalue weighted by atomic mass is 9.97. The fraction of sp³-hybridized carbons (Fsp3) is 0.833. The summed E-state index contributed by atoms with van der Waals surface area (Å²) >= 11 is 7.40. The lowest BCUT2D eigenvalue weighted by molar-refractivity contribution is 0.188. The summed E-state index contributed by atoms with van der Waals surface area (Å²) in [5.41, 5.74) is 0.961. The summed E-state index contributed by atoms with van der Waals surface area (Å²) in [6.45, 7) is 4.41. The lowest BCUT2D eigenvalue weighted by Crippen LogP contribution is -2.37. The Balaban J connectivity index is 1.59. The number of nitrogens with one attached hydrogen (secondary N) is 1. The topological polar surface area (TPSA) is 41.1 Å². The molecular weight excluding hydrogens is 268 g/mol. The lowest BCUT2D eigenvalue weighted by Gasteiger charge is -2.29. The van der Waals surface area contributed by atoms with Crippen LogP contribution in [0.3, 0.4) is 0 Å². The Kier molecular flexibility index (Phi) is 4.13. The molecule has 1 aromatic heterocycles. The minimum atomic E-state index is 0.756. The van der Waals surface area contributed by atoms with Crippen molar-refractivity contribution in [1.29, 1.82) is 0 Å². The molecule has 2 heterocycles. The van der Waals surface area contributed by atoms with E-state index in [0.29, 0.717) is 0 Å². The zero-order valence-corrected chi connectivity index (χ0v) is 12.0. The van der Waals surface area contributed by atoms with Crippen LogP contribution < -0.4 is 5.32 Å². The number of piperidine rings is 1. The van der Waals surface area contributed by atoms with Crippen LogP contribution in [0.25, 0.3) is 0 Å². The van der Waals surface area contributed by atoms with Crippen molar-refractivity contribution >= 4 is 23.1 Å². The van der Waals surface area contributed by atoms with Crippen molar-refractivity contribution in [3.05, 3.63) is 10.0 Å². The Morgan fingerprint density at radius 2 is 2.06 bits per heavy atom. The molecule has 1 N–H and O–H groups in total. The van der Waals surface area contributed by atoms with Crippen molar-refractivity contribution in [2.45, 2.75) is 38.3 Å². The smallest absolute Gasteiger partial charge is 0.138 e. The third-order valence-corrected chi connectivity index (χ3v) is 4.86. The predicted molar refractivity (Wildman–Crippen MR) is 73.9 cm³/mol. The van der Waals surface area contributed by atoms with Crippen molar-refractivity contribution in [1.82, 2.24) is 19.8 Å². The molecule has 0 bridgehead atoms. The Morgan fingerprint density at radius 1 is 1.28 bits per heavy atom. The van der Waals surface area contributed by atoms with Crippen LogP contribution in [-0.4, -0.2) is 40.2 Å². The van der Waals surface area contributed by atoms with Crippen LogP contribution >= 0.6 is 23.1 Å². The van der Waals surface area contributed by atoms with Gasteiger partial charge in [-0.15, -0.1) is 5.10 Å². The van der Waals surface area contributed by atoms with Crippen LogP contribution in [0.4, 0.5) is 0 Å². The highest BCUT2D eigenvalue weighted by molar-refractivity contribution is 7.10. The molecule has 6 heteroatoms. The third kappa shape index (κ3) is 3.20. The molecule has 0 unspecified atom stereocenters. The highest BCUT2D eigenvalue weighted by Gasteiger charge is 2.31. The molecule has 0 amide bonds. The first-order valence-electron chi connectivity index (χ1n) is 6.74. The second kappa shape index (κ2) is 5.82. The van der Waals surface area contributed by atoms with Gasteiger partial charge in [0, 0.05) is 30.7 Å². The average Bonchev–Trinajstić information content (AvgIpc) is 3.16. The van der Waals surface area contributed by atoms with Crippen molar-refractivity contribution in [2.75, 3.05) is 19.6 Å². The predicted octanol–water partition coefficient (Wildman–Crippen LogP) is 2.16. The third-order valence-electron chi connectivity index (χ3n) is 3.88. The van der Waals surface area contributed by atoms with Gasteiger partial charge in [0.2, 0.25) is 0 Å². The van der Waals surface area contributed by atoms with E-state index in [1.165, 1.54) is 56.9 Å². The minimum Gasteiger partial charge on any atom is -0.317 e. The summed E-state index contributed by atoms with van der Waals surface area (Å²) in [7, 11) is 0. The number of hydrogen-bond acceptors (Lipinski definition) is 5. The first-order valence-corrected chi connectivity index (χ1v) is 7.89. The van der Waals surface area contributed by atoms with Crippen LogP contribution in [0.15, 0.2) is 0 Å². The van der Waals surface area contributed by atoms with E-state index in [0.717, 1.165) is 28.5 Å². The van der Waals surface area contributed by atoms with Gasteiger partial charge in [-0.3, -0.25) is 4.90 Å². The Labute approximate surface area is 117 Å². The Hall–Kier alpha value is -0.230. The van der Waals surface area contributed by atoms with Gasteiger partial charge in [0.1, 0.15) is 10.0 Å². The molecule has 2 fully saturated rings. The van der Waals surface area contributed by atoms with Gasteiger partial charge in [-0.05, 0) is 44.7 Å². The van der Waals surface area contributed by atoms with E-state index in [-0.39, 0.29) is 0 Å². The van der Waals surface area contributed by atoms with Crippen LogP contribution in [0.1, 0.15) is 31.4 Å². The van der Waals surface area contributed by atoms with E-state index in [9.17, 15) is 0 Å².